The molecule has 0 aliphatic rings. The maximum Gasteiger partial charge on any atom is 0.416 e. The third-order valence-corrected chi connectivity index (χ3v) is 6.29. The number of carbonyl (C=O) groups is 1. The van der Waals surface area contributed by atoms with Crippen molar-refractivity contribution in [3.63, 3.8) is 0 Å². The quantitative estimate of drug-likeness (QED) is 0.127. The number of alkyl halides is 3. The van der Waals surface area contributed by atoms with Gasteiger partial charge < -0.3 is 14.3 Å². The maximum absolute atomic E-state index is 13.9. The highest BCUT2D eigenvalue weighted by atomic mass is 19.4. The summed E-state index contributed by atoms with van der Waals surface area (Å²) in [5.41, 5.74) is 2.11. The van der Waals surface area contributed by atoms with E-state index in [0.717, 1.165) is 24.5 Å². The minimum atomic E-state index is -4.50. The molecule has 3 rings (SSSR count). The van der Waals surface area contributed by atoms with Gasteiger partial charge in [-0.2, -0.15) is 13.2 Å². The number of nitrogens with zero attached hydrogens (tertiary/aromatic N) is 1. The highest BCUT2D eigenvalue weighted by Crippen LogP contribution is 2.41. The molecule has 200 valence electrons. The highest BCUT2D eigenvalue weighted by Gasteiger charge is 2.34. The van der Waals surface area contributed by atoms with Gasteiger partial charge in [-0.25, -0.2) is 0 Å². The summed E-state index contributed by atoms with van der Waals surface area (Å²) in [5, 5.41) is 9.81. The molecule has 4 nitrogen and oxygen atoms in total. The number of ether oxygens (including phenoxy) is 1. The molecular formula is C31H33F3NO3+. The number of carbonyl (C=O) groups excluding carboxylic acids is 1. The minimum Gasteiger partial charge on any atom is -0.508 e. The van der Waals surface area contributed by atoms with Crippen LogP contribution in [0.5, 0.6) is 11.5 Å². The van der Waals surface area contributed by atoms with E-state index < -0.39 is 11.7 Å². The number of hydrogen-bond acceptors (Lipinski definition) is 3. The van der Waals surface area contributed by atoms with Crippen LogP contribution in [0.3, 0.4) is 0 Å². The van der Waals surface area contributed by atoms with Crippen LogP contribution < -0.4 is 4.74 Å². The lowest BCUT2D eigenvalue weighted by Gasteiger charge is -2.28. The molecule has 0 saturated heterocycles. The van der Waals surface area contributed by atoms with E-state index in [4.69, 9.17) is 4.74 Å². The molecule has 0 heterocycles. The van der Waals surface area contributed by atoms with Crippen molar-refractivity contribution < 1.29 is 32.3 Å². The van der Waals surface area contributed by atoms with Gasteiger partial charge in [0.25, 0.3) is 0 Å². The van der Waals surface area contributed by atoms with Gasteiger partial charge in [0.15, 0.2) is 0 Å². The van der Waals surface area contributed by atoms with Crippen molar-refractivity contribution in [2.24, 2.45) is 0 Å². The molecule has 0 spiro atoms. The smallest absolute Gasteiger partial charge is 0.416 e. The Balaban J connectivity index is 1.97. The highest BCUT2D eigenvalue weighted by molar-refractivity contribution is 5.99. The molecule has 38 heavy (non-hydrogen) atoms. The van der Waals surface area contributed by atoms with Crippen molar-refractivity contribution in [3.05, 3.63) is 107 Å². The predicted molar refractivity (Wildman–Crippen MR) is 145 cm³/mol. The standard InChI is InChI=1S/C31H32F3NO3/c1-4-27(28-9-5-6-10-29(28)31(32,33)34)30(23-11-15-25(37)16-12-23)24-13-17-26(18-14-24)38-22-20-35(2,3)19-7-8-21-36/h5-18,21H,4,19-20,22H2,1-3H3/p+1/b8-7+,30-27-. The number of allylic oxidation sites excluding steroid dienone is 2. The van der Waals surface area contributed by atoms with Crippen molar-refractivity contribution in [1.29, 1.82) is 0 Å². The Morgan fingerprint density at radius 1 is 0.947 bits per heavy atom. The van der Waals surface area contributed by atoms with Gasteiger partial charge in [-0.05, 0) is 76.7 Å². The number of phenols is 1. The molecule has 0 amide bonds. The maximum atomic E-state index is 13.9. The van der Waals surface area contributed by atoms with Crippen molar-refractivity contribution in [1.82, 2.24) is 0 Å². The molecule has 0 aliphatic carbocycles. The largest absolute Gasteiger partial charge is 0.508 e. The summed E-state index contributed by atoms with van der Waals surface area (Å²) < 4.78 is 48.3. The second kappa shape index (κ2) is 12.6. The van der Waals surface area contributed by atoms with E-state index in [9.17, 15) is 23.1 Å². The normalized spacial score (nSPS) is 12.9. The zero-order valence-corrected chi connectivity index (χ0v) is 21.8. The number of quaternary nitrogens is 1. The van der Waals surface area contributed by atoms with E-state index in [1.807, 2.05) is 51.4 Å². The van der Waals surface area contributed by atoms with E-state index in [-0.39, 0.29) is 11.3 Å². The molecule has 0 aliphatic heterocycles. The summed E-state index contributed by atoms with van der Waals surface area (Å²) in [6.07, 6.45) is -0.0700. The molecule has 0 aromatic heterocycles. The molecule has 3 aromatic carbocycles. The lowest BCUT2D eigenvalue weighted by molar-refractivity contribution is -0.884. The van der Waals surface area contributed by atoms with Gasteiger partial charge in [-0.15, -0.1) is 0 Å². The molecule has 0 unspecified atom stereocenters. The Morgan fingerprint density at radius 3 is 2.13 bits per heavy atom. The summed E-state index contributed by atoms with van der Waals surface area (Å²) in [4.78, 5) is 10.5. The second-order valence-electron chi connectivity index (χ2n) is 9.58. The fourth-order valence-electron chi connectivity index (χ4n) is 4.26. The van der Waals surface area contributed by atoms with Gasteiger partial charge in [-0.3, -0.25) is 4.79 Å². The summed E-state index contributed by atoms with van der Waals surface area (Å²) in [5.74, 6) is 0.726. The summed E-state index contributed by atoms with van der Waals surface area (Å²) in [6.45, 7) is 3.71. The number of likely N-dealkylation sites (N-methyl/N-ethyl adjacent to an activating group) is 1. The first-order valence-corrected chi connectivity index (χ1v) is 12.4. The van der Waals surface area contributed by atoms with Crippen molar-refractivity contribution in [3.8, 4) is 11.5 Å². The van der Waals surface area contributed by atoms with Gasteiger partial charge >= 0.3 is 6.18 Å². The fraction of sp³-hybridized carbons (Fsp3) is 0.258. The zero-order valence-electron chi connectivity index (χ0n) is 21.8. The fourth-order valence-corrected chi connectivity index (χ4v) is 4.26. The van der Waals surface area contributed by atoms with E-state index in [1.54, 1.807) is 18.2 Å². The van der Waals surface area contributed by atoms with Gasteiger partial charge in [0.05, 0.1) is 26.2 Å². The number of halogens is 3. The topological polar surface area (TPSA) is 46.5 Å². The number of aromatic hydroxyl groups is 1. The predicted octanol–water partition coefficient (Wildman–Crippen LogP) is 6.99. The van der Waals surface area contributed by atoms with Crippen LogP contribution in [0.4, 0.5) is 13.2 Å². The Labute approximate surface area is 221 Å². The molecule has 0 atom stereocenters. The Morgan fingerprint density at radius 2 is 1.55 bits per heavy atom. The lowest BCUT2D eigenvalue weighted by atomic mass is 9.86. The van der Waals surface area contributed by atoms with E-state index in [1.165, 1.54) is 30.3 Å². The van der Waals surface area contributed by atoms with E-state index in [0.29, 0.717) is 46.5 Å². The summed E-state index contributed by atoms with van der Waals surface area (Å²) >= 11 is 0. The van der Waals surface area contributed by atoms with Crippen molar-refractivity contribution in [2.45, 2.75) is 19.5 Å². The summed E-state index contributed by atoms with van der Waals surface area (Å²) in [7, 11) is 4.09. The van der Waals surface area contributed by atoms with Gasteiger partial charge in [-0.1, -0.05) is 49.4 Å². The van der Waals surface area contributed by atoms with Crippen LogP contribution in [-0.2, 0) is 11.0 Å². The van der Waals surface area contributed by atoms with Gasteiger partial charge in [0, 0.05) is 0 Å². The van der Waals surface area contributed by atoms with Crippen LogP contribution in [0, 0.1) is 0 Å². The first kappa shape index (κ1) is 28.7. The molecule has 0 radical (unpaired) electrons. The third kappa shape index (κ3) is 7.59. The zero-order chi connectivity index (χ0) is 27.8. The number of phenolic OH excluding ortho intramolecular Hbond substituents is 1. The third-order valence-electron chi connectivity index (χ3n) is 6.29. The molecule has 0 fully saturated rings. The van der Waals surface area contributed by atoms with Gasteiger partial charge in [0.1, 0.15) is 30.9 Å². The molecular weight excluding hydrogens is 491 g/mol. The first-order chi connectivity index (χ1) is 18.1. The van der Waals surface area contributed by atoms with Crippen LogP contribution in [0.15, 0.2) is 84.9 Å². The van der Waals surface area contributed by atoms with Crippen LogP contribution in [0.2, 0.25) is 0 Å². The lowest BCUT2D eigenvalue weighted by Crippen LogP contribution is -2.42. The van der Waals surface area contributed by atoms with Gasteiger partial charge in [0.2, 0.25) is 0 Å². The molecule has 3 aromatic rings. The van der Waals surface area contributed by atoms with E-state index in [2.05, 4.69) is 0 Å². The van der Waals surface area contributed by atoms with Crippen molar-refractivity contribution in [2.75, 3.05) is 33.8 Å². The van der Waals surface area contributed by atoms with Crippen LogP contribution in [0.25, 0.3) is 11.1 Å². The minimum absolute atomic E-state index is 0.0774. The van der Waals surface area contributed by atoms with Crippen LogP contribution >= 0.6 is 0 Å². The first-order valence-electron chi connectivity index (χ1n) is 12.4. The molecule has 7 heteroatoms. The number of aldehydes is 1. The Kier molecular flexibility index (Phi) is 9.53. The molecule has 0 bridgehead atoms. The van der Waals surface area contributed by atoms with Crippen LogP contribution in [0.1, 0.15) is 35.6 Å². The SMILES string of the molecule is CC/C(=C(\c1ccc(O)cc1)c1ccc(OCC[N+](C)(C)C/C=C/C=O)cc1)c1ccccc1C(F)(F)F. The average Bonchev–Trinajstić information content (AvgIpc) is 2.88. The Hall–Kier alpha value is -3.84. The number of hydrogen-bond donors (Lipinski definition) is 1. The molecule has 1 N–H and O–H groups in total. The van der Waals surface area contributed by atoms with Crippen molar-refractivity contribution >= 4 is 17.4 Å². The second-order valence-corrected chi connectivity index (χ2v) is 9.58. The van der Waals surface area contributed by atoms with Crippen LogP contribution in [-0.4, -0.2) is 49.7 Å². The van der Waals surface area contributed by atoms with E-state index >= 15 is 0 Å². The number of benzene rings is 3. The number of rotatable bonds is 11. The Bertz CT molecular complexity index is 1270. The molecule has 0 saturated carbocycles. The average molecular weight is 525 g/mol. The summed E-state index contributed by atoms with van der Waals surface area (Å²) in [6, 6.07) is 19.4. The monoisotopic (exact) mass is 524 g/mol.